The molecule has 0 saturated heterocycles. The number of carbonyl (C=O) groups excluding carboxylic acids is 1. The van der Waals surface area contributed by atoms with Gasteiger partial charge >= 0.3 is 0 Å². The first kappa shape index (κ1) is 14.7. The molecule has 16 heavy (non-hydrogen) atoms. The summed E-state index contributed by atoms with van der Waals surface area (Å²) in [5, 5.41) is 6.46. The van der Waals surface area contributed by atoms with Gasteiger partial charge in [-0.3, -0.25) is 4.79 Å². The lowest BCUT2D eigenvalue weighted by Gasteiger charge is -2.29. The first-order valence-corrected chi connectivity index (χ1v) is 5.17. The van der Waals surface area contributed by atoms with E-state index in [1.54, 1.807) is 0 Å². The Morgan fingerprint density at radius 2 is 2.38 bits per heavy atom. The van der Waals surface area contributed by atoms with E-state index in [0.29, 0.717) is 25.9 Å². The molecule has 7 heteroatoms. The average molecular weight is 229 g/mol. The van der Waals surface area contributed by atoms with E-state index >= 15 is 0 Å². The van der Waals surface area contributed by atoms with E-state index in [9.17, 15) is 4.79 Å². The van der Waals surface area contributed by atoms with Crippen molar-refractivity contribution in [1.82, 2.24) is 5.32 Å². The fourth-order valence-electron chi connectivity index (χ4n) is 1.38. The third-order valence-corrected chi connectivity index (χ3v) is 2.43. The Kier molecular flexibility index (Phi) is 7.28. The van der Waals surface area contributed by atoms with Crippen LogP contribution in [0.2, 0.25) is 0 Å². The molecular formula is C9H19N5O2. The Hall–Kier alpha value is -1.30. The normalized spacial score (nSPS) is 13.9. The van der Waals surface area contributed by atoms with Gasteiger partial charge in [0.2, 0.25) is 5.91 Å². The predicted molar refractivity (Wildman–Crippen MR) is 60.7 cm³/mol. The third kappa shape index (κ3) is 4.48. The third-order valence-electron chi connectivity index (χ3n) is 2.43. The van der Waals surface area contributed by atoms with Gasteiger partial charge in [0.15, 0.2) is 0 Å². The fourth-order valence-corrected chi connectivity index (χ4v) is 1.38. The lowest BCUT2D eigenvalue weighted by Crippen LogP contribution is -2.58. The van der Waals surface area contributed by atoms with Gasteiger partial charge in [-0.2, -0.15) is 0 Å². The van der Waals surface area contributed by atoms with Gasteiger partial charge in [0.1, 0.15) is 5.54 Å². The van der Waals surface area contributed by atoms with Crippen molar-refractivity contribution in [2.75, 3.05) is 26.8 Å². The van der Waals surface area contributed by atoms with Crippen LogP contribution in [0.15, 0.2) is 5.11 Å². The van der Waals surface area contributed by atoms with Crippen molar-refractivity contribution in [2.24, 2.45) is 10.8 Å². The van der Waals surface area contributed by atoms with Crippen LogP contribution in [0.1, 0.15) is 19.8 Å². The number of nitrogens with one attached hydrogen (secondary N) is 1. The molecule has 0 aromatic rings. The second kappa shape index (κ2) is 7.92. The Morgan fingerprint density at radius 3 is 2.81 bits per heavy atom. The highest BCUT2D eigenvalue weighted by Crippen LogP contribution is 2.10. The number of methoxy groups -OCH3 is 1. The molecule has 1 atom stereocenters. The number of amides is 1. The van der Waals surface area contributed by atoms with Crippen LogP contribution < -0.4 is 11.1 Å². The summed E-state index contributed by atoms with van der Waals surface area (Å²) in [5.41, 5.74) is 12.6. The number of ether oxygens (including phenoxy) is 1. The SMILES string of the molecule is CCC(COC)(NCCCN=[N+]=[N-])C(N)=O. The summed E-state index contributed by atoms with van der Waals surface area (Å²) in [4.78, 5) is 14.0. The van der Waals surface area contributed by atoms with Gasteiger partial charge in [-0.15, -0.1) is 0 Å². The number of nitrogens with zero attached hydrogens (tertiary/aromatic N) is 3. The van der Waals surface area contributed by atoms with Crippen molar-refractivity contribution < 1.29 is 9.53 Å². The molecule has 0 rings (SSSR count). The van der Waals surface area contributed by atoms with Crippen LogP contribution in [0.3, 0.4) is 0 Å². The summed E-state index contributed by atoms with van der Waals surface area (Å²) in [5.74, 6) is -0.430. The molecule has 1 amide bonds. The second-order valence-corrected chi connectivity index (χ2v) is 3.47. The van der Waals surface area contributed by atoms with Gasteiger partial charge in [0, 0.05) is 18.6 Å². The number of hydrogen-bond acceptors (Lipinski definition) is 4. The smallest absolute Gasteiger partial charge is 0.240 e. The molecule has 92 valence electrons. The molecule has 0 aromatic carbocycles. The monoisotopic (exact) mass is 229 g/mol. The predicted octanol–water partition coefficient (Wildman–Crippen LogP) is 0.557. The Labute approximate surface area is 95.0 Å². The van der Waals surface area contributed by atoms with Gasteiger partial charge in [-0.1, -0.05) is 12.0 Å². The van der Waals surface area contributed by atoms with Crippen LogP contribution in [0.25, 0.3) is 10.4 Å². The average Bonchev–Trinajstić information content (AvgIpc) is 2.27. The van der Waals surface area contributed by atoms with E-state index in [2.05, 4.69) is 15.3 Å². The van der Waals surface area contributed by atoms with Crippen LogP contribution in [-0.4, -0.2) is 38.3 Å². The van der Waals surface area contributed by atoms with Crippen molar-refractivity contribution in [1.29, 1.82) is 0 Å². The van der Waals surface area contributed by atoms with Crippen molar-refractivity contribution in [3.8, 4) is 0 Å². The largest absolute Gasteiger partial charge is 0.382 e. The first-order chi connectivity index (χ1) is 7.63. The lowest BCUT2D eigenvalue weighted by atomic mass is 9.96. The van der Waals surface area contributed by atoms with E-state index in [4.69, 9.17) is 16.0 Å². The number of nitrogens with two attached hydrogens (primary N) is 1. The first-order valence-electron chi connectivity index (χ1n) is 5.17. The van der Waals surface area contributed by atoms with Crippen molar-refractivity contribution in [2.45, 2.75) is 25.3 Å². The Morgan fingerprint density at radius 1 is 1.69 bits per heavy atom. The minimum Gasteiger partial charge on any atom is -0.382 e. The van der Waals surface area contributed by atoms with Crippen LogP contribution >= 0.6 is 0 Å². The summed E-state index contributed by atoms with van der Waals surface area (Å²) < 4.78 is 4.99. The zero-order valence-corrected chi connectivity index (χ0v) is 9.77. The molecule has 7 nitrogen and oxygen atoms in total. The molecule has 0 fully saturated rings. The van der Waals surface area contributed by atoms with Gasteiger partial charge < -0.3 is 15.8 Å². The molecule has 0 aliphatic rings. The molecular weight excluding hydrogens is 210 g/mol. The summed E-state index contributed by atoms with van der Waals surface area (Å²) in [6.07, 6.45) is 1.21. The standard InChI is InChI=1S/C9H19N5O2/c1-3-9(7-16-2,8(10)15)12-5-4-6-13-14-11/h12H,3-7H2,1-2H3,(H2,10,15). The molecule has 3 N–H and O–H groups in total. The molecule has 0 aromatic heterocycles. The highest BCUT2D eigenvalue weighted by molar-refractivity contribution is 5.84. The number of hydrogen-bond donors (Lipinski definition) is 2. The summed E-state index contributed by atoms with van der Waals surface area (Å²) in [6.45, 7) is 3.05. The van der Waals surface area contributed by atoms with Crippen LogP contribution in [-0.2, 0) is 9.53 Å². The molecule has 0 radical (unpaired) electrons. The van der Waals surface area contributed by atoms with E-state index in [-0.39, 0.29) is 6.61 Å². The van der Waals surface area contributed by atoms with Gasteiger partial charge in [0.25, 0.3) is 0 Å². The Bertz CT molecular complexity index is 265. The number of rotatable bonds is 9. The summed E-state index contributed by atoms with van der Waals surface area (Å²) in [6, 6.07) is 0. The summed E-state index contributed by atoms with van der Waals surface area (Å²) in [7, 11) is 1.52. The number of azide groups is 1. The highest BCUT2D eigenvalue weighted by Gasteiger charge is 2.33. The Balaban J connectivity index is 4.20. The molecule has 0 bridgehead atoms. The molecule has 0 heterocycles. The number of carbonyl (C=O) groups is 1. The molecule has 0 spiro atoms. The van der Waals surface area contributed by atoms with Crippen LogP contribution in [0.5, 0.6) is 0 Å². The van der Waals surface area contributed by atoms with Gasteiger partial charge in [-0.05, 0) is 24.9 Å². The maximum atomic E-state index is 11.4. The van der Waals surface area contributed by atoms with Gasteiger partial charge in [0.05, 0.1) is 6.61 Å². The van der Waals surface area contributed by atoms with E-state index in [1.165, 1.54) is 7.11 Å². The van der Waals surface area contributed by atoms with Crippen LogP contribution in [0, 0.1) is 0 Å². The molecule has 0 aliphatic carbocycles. The quantitative estimate of drug-likeness (QED) is 0.260. The maximum absolute atomic E-state index is 11.4. The molecule has 1 unspecified atom stereocenters. The topological polar surface area (TPSA) is 113 Å². The van der Waals surface area contributed by atoms with Gasteiger partial charge in [-0.25, -0.2) is 0 Å². The summed E-state index contributed by atoms with van der Waals surface area (Å²) >= 11 is 0. The molecule has 0 aliphatic heterocycles. The minimum absolute atomic E-state index is 0.236. The lowest BCUT2D eigenvalue weighted by molar-refractivity contribution is -0.126. The van der Waals surface area contributed by atoms with Crippen molar-refractivity contribution >= 4 is 5.91 Å². The van der Waals surface area contributed by atoms with Crippen molar-refractivity contribution in [3.05, 3.63) is 10.4 Å². The van der Waals surface area contributed by atoms with E-state index in [1.807, 2.05) is 6.92 Å². The number of primary amides is 1. The van der Waals surface area contributed by atoms with Crippen LogP contribution in [0.4, 0.5) is 0 Å². The fraction of sp³-hybridized carbons (Fsp3) is 0.889. The van der Waals surface area contributed by atoms with Crippen molar-refractivity contribution in [3.63, 3.8) is 0 Å². The van der Waals surface area contributed by atoms with E-state index < -0.39 is 11.4 Å². The highest BCUT2D eigenvalue weighted by atomic mass is 16.5. The van der Waals surface area contributed by atoms with E-state index in [0.717, 1.165) is 0 Å². The minimum atomic E-state index is -0.828. The molecule has 0 saturated carbocycles. The zero-order valence-electron chi connectivity index (χ0n) is 9.77. The maximum Gasteiger partial charge on any atom is 0.240 e. The zero-order chi connectivity index (χ0) is 12.4. The second-order valence-electron chi connectivity index (χ2n) is 3.47.